The SMILES string of the molecule is CC(=O)N1C[C@H]2CN(C(=O)Cc3ccccc3F)C[C@@]2(C(=O)N2CCCC2)C1. The number of halogens is 1. The lowest BCUT2D eigenvalue weighted by Crippen LogP contribution is -2.49. The van der Waals surface area contributed by atoms with Gasteiger partial charge >= 0.3 is 0 Å². The van der Waals surface area contributed by atoms with Gasteiger partial charge < -0.3 is 14.7 Å². The Hall–Kier alpha value is -2.44. The number of carbonyl (C=O) groups is 3. The van der Waals surface area contributed by atoms with Crippen molar-refractivity contribution in [2.45, 2.75) is 26.2 Å². The topological polar surface area (TPSA) is 60.9 Å². The Morgan fingerprint density at radius 2 is 1.68 bits per heavy atom. The van der Waals surface area contributed by atoms with E-state index in [1.165, 1.54) is 13.0 Å². The van der Waals surface area contributed by atoms with Crippen molar-refractivity contribution in [2.24, 2.45) is 11.3 Å². The lowest BCUT2D eigenvalue weighted by atomic mass is 9.79. The second-order valence-corrected chi connectivity index (χ2v) is 8.29. The molecule has 1 aromatic rings. The van der Waals surface area contributed by atoms with Gasteiger partial charge in [-0.1, -0.05) is 18.2 Å². The molecule has 0 bridgehead atoms. The zero-order valence-corrected chi connectivity index (χ0v) is 16.2. The number of fused-ring (bicyclic) bond motifs is 1. The van der Waals surface area contributed by atoms with Crippen LogP contribution in [-0.4, -0.2) is 71.7 Å². The minimum absolute atomic E-state index is 0.0101. The first-order chi connectivity index (χ1) is 13.4. The smallest absolute Gasteiger partial charge is 0.232 e. The first-order valence-electron chi connectivity index (χ1n) is 9.97. The van der Waals surface area contributed by atoms with Crippen molar-refractivity contribution in [3.05, 3.63) is 35.6 Å². The number of hydrogen-bond donors (Lipinski definition) is 0. The lowest BCUT2D eigenvalue weighted by Gasteiger charge is -2.32. The van der Waals surface area contributed by atoms with Crippen LogP contribution in [0, 0.1) is 17.2 Å². The van der Waals surface area contributed by atoms with Gasteiger partial charge in [0.2, 0.25) is 17.7 Å². The summed E-state index contributed by atoms with van der Waals surface area (Å²) in [5.41, 5.74) is -0.351. The number of likely N-dealkylation sites (tertiary alicyclic amines) is 3. The van der Waals surface area contributed by atoms with Crippen molar-refractivity contribution in [3.63, 3.8) is 0 Å². The van der Waals surface area contributed by atoms with Crippen molar-refractivity contribution < 1.29 is 18.8 Å². The Labute approximate surface area is 164 Å². The van der Waals surface area contributed by atoms with E-state index in [9.17, 15) is 18.8 Å². The molecular weight excluding hydrogens is 361 g/mol. The number of nitrogens with zero attached hydrogens (tertiary/aromatic N) is 3. The predicted octanol–water partition coefficient (Wildman–Crippen LogP) is 1.30. The second kappa shape index (κ2) is 7.18. The van der Waals surface area contributed by atoms with E-state index in [1.807, 2.05) is 4.90 Å². The molecule has 150 valence electrons. The van der Waals surface area contributed by atoms with Crippen LogP contribution in [0.5, 0.6) is 0 Å². The zero-order chi connectivity index (χ0) is 19.9. The summed E-state index contributed by atoms with van der Waals surface area (Å²) in [7, 11) is 0. The average molecular weight is 387 g/mol. The van der Waals surface area contributed by atoms with E-state index in [0.717, 1.165) is 25.9 Å². The highest BCUT2D eigenvalue weighted by Crippen LogP contribution is 2.44. The van der Waals surface area contributed by atoms with Gasteiger partial charge in [0.1, 0.15) is 5.82 Å². The molecule has 0 aromatic heterocycles. The number of amides is 3. The fourth-order valence-electron chi connectivity index (χ4n) is 4.95. The van der Waals surface area contributed by atoms with Crippen molar-refractivity contribution in [2.75, 3.05) is 39.3 Å². The van der Waals surface area contributed by atoms with Crippen molar-refractivity contribution in [1.82, 2.24) is 14.7 Å². The molecule has 28 heavy (non-hydrogen) atoms. The first-order valence-corrected chi connectivity index (χ1v) is 9.97. The molecular formula is C21H26FN3O3. The molecule has 7 heteroatoms. The lowest BCUT2D eigenvalue weighted by molar-refractivity contribution is -0.142. The second-order valence-electron chi connectivity index (χ2n) is 8.29. The minimum atomic E-state index is -0.721. The van der Waals surface area contributed by atoms with E-state index in [2.05, 4.69) is 0 Å². The van der Waals surface area contributed by atoms with Crippen molar-refractivity contribution >= 4 is 17.7 Å². The number of benzene rings is 1. The Bertz CT molecular complexity index is 808. The zero-order valence-electron chi connectivity index (χ0n) is 16.2. The van der Waals surface area contributed by atoms with Gasteiger partial charge in [0, 0.05) is 52.1 Å². The quantitative estimate of drug-likeness (QED) is 0.786. The van der Waals surface area contributed by atoms with E-state index < -0.39 is 5.41 Å². The molecule has 0 N–H and O–H groups in total. The van der Waals surface area contributed by atoms with E-state index in [0.29, 0.717) is 31.7 Å². The standard InChI is InChI=1S/C21H26FN3O3/c1-15(26)24-11-17-12-25(19(27)10-16-6-2-3-7-18(16)22)14-21(17,13-24)20(28)23-8-4-5-9-23/h2-3,6-7,17H,4-5,8-14H2,1H3/t17-,21-/m0/s1. The molecule has 1 aromatic carbocycles. The van der Waals surface area contributed by atoms with Crippen molar-refractivity contribution in [1.29, 1.82) is 0 Å². The third kappa shape index (κ3) is 3.16. The molecule has 3 amide bonds. The molecule has 2 atom stereocenters. The highest BCUT2D eigenvalue weighted by atomic mass is 19.1. The van der Waals surface area contributed by atoms with Crippen LogP contribution in [-0.2, 0) is 20.8 Å². The van der Waals surface area contributed by atoms with Crippen LogP contribution in [0.3, 0.4) is 0 Å². The van der Waals surface area contributed by atoms with E-state index in [-0.39, 0.29) is 35.9 Å². The Morgan fingerprint density at radius 3 is 2.36 bits per heavy atom. The molecule has 0 unspecified atom stereocenters. The van der Waals surface area contributed by atoms with E-state index in [1.54, 1.807) is 28.0 Å². The summed E-state index contributed by atoms with van der Waals surface area (Å²) in [5.74, 6) is -0.579. The minimum Gasteiger partial charge on any atom is -0.342 e. The van der Waals surface area contributed by atoms with Gasteiger partial charge in [0.05, 0.1) is 11.8 Å². The highest BCUT2D eigenvalue weighted by molar-refractivity contribution is 5.88. The monoisotopic (exact) mass is 387 g/mol. The summed E-state index contributed by atoms with van der Waals surface area (Å²) < 4.78 is 13.9. The van der Waals surface area contributed by atoms with E-state index in [4.69, 9.17) is 0 Å². The van der Waals surface area contributed by atoms with E-state index >= 15 is 0 Å². The molecule has 3 saturated heterocycles. The van der Waals surface area contributed by atoms with Gasteiger partial charge in [-0.05, 0) is 24.5 Å². The molecule has 0 saturated carbocycles. The van der Waals surface area contributed by atoms with Crippen LogP contribution >= 0.6 is 0 Å². The van der Waals surface area contributed by atoms with Gasteiger partial charge in [0.25, 0.3) is 0 Å². The summed E-state index contributed by atoms with van der Waals surface area (Å²) in [5, 5.41) is 0. The Balaban J connectivity index is 1.54. The fraction of sp³-hybridized carbons (Fsp3) is 0.571. The number of carbonyl (C=O) groups excluding carboxylic acids is 3. The average Bonchev–Trinajstić information content (AvgIpc) is 3.37. The van der Waals surface area contributed by atoms with Gasteiger partial charge in [-0.3, -0.25) is 14.4 Å². The van der Waals surface area contributed by atoms with Crippen LogP contribution in [0.15, 0.2) is 24.3 Å². The molecule has 3 heterocycles. The number of hydrogen-bond acceptors (Lipinski definition) is 3. The maximum absolute atomic E-state index is 13.9. The summed E-state index contributed by atoms with van der Waals surface area (Å²) in [6.07, 6.45) is 1.99. The van der Waals surface area contributed by atoms with Crippen LogP contribution < -0.4 is 0 Å². The molecule has 3 aliphatic rings. The summed E-state index contributed by atoms with van der Waals surface area (Å²) in [6, 6.07) is 6.29. The molecule has 4 rings (SSSR count). The van der Waals surface area contributed by atoms with Crippen LogP contribution in [0.1, 0.15) is 25.3 Å². The molecule has 0 spiro atoms. The largest absolute Gasteiger partial charge is 0.342 e. The third-order valence-corrected chi connectivity index (χ3v) is 6.53. The molecule has 0 aliphatic carbocycles. The first kappa shape index (κ1) is 18.9. The van der Waals surface area contributed by atoms with Crippen LogP contribution in [0.4, 0.5) is 4.39 Å². The van der Waals surface area contributed by atoms with Crippen molar-refractivity contribution in [3.8, 4) is 0 Å². The fourth-order valence-corrected chi connectivity index (χ4v) is 4.95. The highest BCUT2D eigenvalue weighted by Gasteiger charge is 2.59. The van der Waals surface area contributed by atoms with Gasteiger partial charge in [-0.2, -0.15) is 0 Å². The van der Waals surface area contributed by atoms with Crippen LogP contribution in [0.2, 0.25) is 0 Å². The van der Waals surface area contributed by atoms with Crippen LogP contribution in [0.25, 0.3) is 0 Å². The molecule has 0 radical (unpaired) electrons. The normalized spacial score (nSPS) is 26.6. The van der Waals surface area contributed by atoms with Gasteiger partial charge in [-0.25, -0.2) is 4.39 Å². The maximum atomic E-state index is 13.9. The van der Waals surface area contributed by atoms with Gasteiger partial charge in [0.15, 0.2) is 0 Å². The molecule has 6 nitrogen and oxygen atoms in total. The molecule has 3 aliphatic heterocycles. The number of rotatable bonds is 3. The summed E-state index contributed by atoms with van der Waals surface area (Å²) in [6.45, 7) is 4.63. The molecule has 3 fully saturated rings. The Kier molecular flexibility index (Phi) is 4.85. The van der Waals surface area contributed by atoms with Gasteiger partial charge in [-0.15, -0.1) is 0 Å². The summed E-state index contributed by atoms with van der Waals surface area (Å²) in [4.78, 5) is 43.5. The Morgan fingerprint density at radius 1 is 1.04 bits per heavy atom. The predicted molar refractivity (Wildman–Crippen MR) is 101 cm³/mol. The third-order valence-electron chi connectivity index (χ3n) is 6.53. The summed E-state index contributed by atoms with van der Waals surface area (Å²) >= 11 is 0. The maximum Gasteiger partial charge on any atom is 0.232 e.